The molecular formula is C7H4N3O3-. The molecule has 0 saturated carbocycles. The average Bonchev–Trinajstić information content (AvgIpc) is 2.52. The third kappa shape index (κ3) is 0.994. The van der Waals surface area contributed by atoms with Crippen LogP contribution in [0.2, 0.25) is 0 Å². The fourth-order valence-corrected chi connectivity index (χ4v) is 1.04. The molecule has 0 spiro atoms. The van der Waals surface area contributed by atoms with Gasteiger partial charge in [0.15, 0.2) is 5.65 Å². The van der Waals surface area contributed by atoms with Gasteiger partial charge in [-0.1, -0.05) is 0 Å². The van der Waals surface area contributed by atoms with Crippen molar-refractivity contribution in [3.05, 3.63) is 34.4 Å². The van der Waals surface area contributed by atoms with Gasteiger partial charge in [0.05, 0.1) is 11.5 Å². The second kappa shape index (κ2) is 2.44. The number of fused-ring (bicyclic) bond motifs is 1. The molecule has 0 atom stereocenters. The highest BCUT2D eigenvalue weighted by Crippen LogP contribution is 1.94. The minimum atomic E-state index is -1.53. The number of nitrogens with one attached hydrogen (secondary N) is 1. The highest BCUT2D eigenvalue weighted by Gasteiger charge is 2.04. The van der Waals surface area contributed by atoms with E-state index in [9.17, 15) is 14.7 Å². The molecule has 0 amide bonds. The van der Waals surface area contributed by atoms with Crippen molar-refractivity contribution in [1.29, 1.82) is 0 Å². The third-order valence-electron chi connectivity index (χ3n) is 1.64. The van der Waals surface area contributed by atoms with Gasteiger partial charge in [0.1, 0.15) is 0 Å². The van der Waals surface area contributed by atoms with Gasteiger partial charge in [-0.05, 0) is 0 Å². The summed E-state index contributed by atoms with van der Waals surface area (Å²) in [6.07, 6.45) is 2.48. The van der Waals surface area contributed by atoms with E-state index in [0.717, 1.165) is 10.7 Å². The van der Waals surface area contributed by atoms with Gasteiger partial charge in [0.25, 0.3) is 5.56 Å². The third-order valence-corrected chi connectivity index (χ3v) is 1.64. The average molecular weight is 178 g/mol. The zero-order valence-corrected chi connectivity index (χ0v) is 6.35. The van der Waals surface area contributed by atoms with Crippen LogP contribution in [-0.2, 0) is 0 Å². The number of aromatic nitrogens is 3. The van der Waals surface area contributed by atoms with E-state index in [4.69, 9.17) is 0 Å². The maximum absolute atomic E-state index is 11.3. The molecule has 0 aliphatic heterocycles. The van der Waals surface area contributed by atoms with E-state index in [0.29, 0.717) is 5.65 Å². The summed E-state index contributed by atoms with van der Waals surface area (Å²) >= 11 is 0. The minimum Gasteiger partial charge on any atom is -0.545 e. The molecule has 2 aromatic heterocycles. The molecule has 2 heterocycles. The zero-order valence-electron chi connectivity index (χ0n) is 6.35. The van der Waals surface area contributed by atoms with Crippen LogP contribution in [0.15, 0.2) is 23.3 Å². The van der Waals surface area contributed by atoms with E-state index >= 15 is 0 Å². The number of carboxylic acid groups (broad SMARTS) is 1. The number of hydrogen-bond donors (Lipinski definition) is 1. The summed E-state index contributed by atoms with van der Waals surface area (Å²) in [5.74, 6) is -1.53. The van der Waals surface area contributed by atoms with Crippen molar-refractivity contribution < 1.29 is 9.90 Å². The van der Waals surface area contributed by atoms with Crippen LogP contribution in [-0.4, -0.2) is 20.6 Å². The summed E-state index contributed by atoms with van der Waals surface area (Å²) in [7, 11) is 0. The summed E-state index contributed by atoms with van der Waals surface area (Å²) in [5, 5.41) is 12.9. The van der Waals surface area contributed by atoms with Gasteiger partial charge in [-0.2, -0.15) is 0 Å². The number of nitrogens with zero attached hydrogens (tertiary/aromatic N) is 2. The van der Waals surface area contributed by atoms with Crippen molar-refractivity contribution >= 4 is 11.6 Å². The van der Waals surface area contributed by atoms with Crippen LogP contribution in [0, 0.1) is 0 Å². The van der Waals surface area contributed by atoms with E-state index in [1.54, 1.807) is 6.07 Å². The molecule has 13 heavy (non-hydrogen) atoms. The first-order valence-electron chi connectivity index (χ1n) is 3.46. The van der Waals surface area contributed by atoms with Gasteiger partial charge < -0.3 is 9.90 Å². The molecule has 66 valence electrons. The molecule has 6 heteroatoms. The standard InChI is InChI=1S/C7H5N3O3/c11-6-4(7(12)13)3-8-5-1-2-9-10(5)6/h1-3,9H,(H,12,13)/p-1. The predicted molar refractivity (Wildman–Crippen MR) is 40.1 cm³/mol. The highest BCUT2D eigenvalue weighted by atomic mass is 16.4. The maximum atomic E-state index is 11.3. The molecule has 6 nitrogen and oxygen atoms in total. The summed E-state index contributed by atoms with van der Waals surface area (Å²) < 4.78 is 1.03. The number of H-pyrrole nitrogens is 1. The van der Waals surface area contributed by atoms with Crippen molar-refractivity contribution in [2.45, 2.75) is 0 Å². The van der Waals surface area contributed by atoms with Crippen molar-refractivity contribution in [2.24, 2.45) is 0 Å². The van der Waals surface area contributed by atoms with Crippen LogP contribution >= 0.6 is 0 Å². The molecule has 0 bridgehead atoms. The van der Waals surface area contributed by atoms with Crippen LogP contribution in [0.1, 0.15) is 10.4 Å². The van der Waals surface area contributed by atoms with E-state index < -0.39 is 17.1 Å². The molecule has 0 aromatic carbocycles. The smallest absolute Gasteiger partial charge is 0.281 e. The van der Waals surface area contributed by atoms with Gasteiger partial charge in [-0.15, -0.1) is 0 Å². The lowest BCUT2D eigenvalue weighted by Gasteiger charge is -1.99. The van der Waals surface area contributed by atoms with E-state index in [1.165, 1.54) is 6.20 Å². The minimum absolute atomic E-state index is 0.370. The lowest BCUT2D eigenvalue weighted by Crippen LogP contribution is -2.32. The van der Waals surface area contributed by atoms with Crippen molar-refractivity contribution in [2.75, 3.05) is 0 Å². The van der Waals surface area contributed by atoms with Gasteiger partial charge in [0.2, 0.25) is 0 Å². The van der Waals surface area contributed by atoms with Crippen LogP contribution < -0.4 is 10.7 Å². The first-order chi connectivity index (χ1) is 6.20. The van der Waals surface area contributed by atoms with E-state index in [2.05, 4.69) is 10.1 Å². The normalized spacial score (nSPS) is 10.5. The Morgan fingerprint density at radius 2 is 2.38 bits per heavy atom. The molecule has 0 aliphatic rings. The predicted octanol–water partition coefficient (Wildman–Crippen LogP) is -1.61. The topological polar surface area (TPSA) is 90.3 Å². The number of rotatable bonds is 1. The van der Waals surface area contributed by atoms with Crippen molar-refractivity contribution in [3.8, 4) is 0 Å². The Hall–Kier alpha value is -2.11. The molecule has 0 aliphatic carbocycles. The van der Waals surface area contributed by atoms with Crippen LogP contribution in [0.5, 0.6) is 0 Å². The Labute approximate surface area is 71.4 Å². The number of carbonyl (C=O) groups is 1. The lowest BCUT2D eigenvalue weighted by molar-refractivity contribution is -0.255. The number of aromatic amines is 1. The highest BCUT2D eigenvalue weighted by molar-refractivity contribution is 5.85. The zero-order chi connectivity index (χ0) is 9.42. The molecular weight excluding hydrogens is 174 g/mol. The molecule has 0 fully saturated rings. The number of hydrogen-bond acceptors (Lipinski definition) is 4. The second-order valence-corrected chi connectivity index (χ2v) is 2.42. The van der Waals surface area contributed by atoms with Crippen molar-refractivity contribution in [1.82, 2.24) is 14.6 Å². The fraction of sp³-hybridized carbons (Fsp3) is 0. The van der Waals surface area contributed by atoms with Crippen LogP contribution in [0.4, 0.5) is 0 Å². The maximum Gasteiger partial charge on any atom is 0.281 e. The van der Waals surface area contributed by atoms with E-state index in [-0.39, 0.29) is 0 Å². The van der Waals surface area contributed by atoms with Gasteiger partial charge in [-0.25, -0.2) is 9.50 Å². The first-order valence-corrected chi connectivity index (χ1v) is 3.46. The lowest BCUT2D eigenvalue weighted by atomic mass is 10.3. The Kier molecular flexibility index (Phi) is 1.42. The second-order valence-electron chi connectivity index (χ2n) is 2.42. The summed E-state index contributed by atoms with van der Waals surface area (Å²) in [4.78, 5) is 25.4. The van der Waals surface area contributed by atoms with Gasteiger partial charge in [-0.3, -0.25) is 9.89 Å². The SMILES string of the molecule is O=C([O-])c1cnc2cc[nH]n2c1=O. The molecule has 1 N–H and O–H groups in total. The molecule has 2 rings (SSSR count). The van der Waals surface area contributed by atoms with Crippen LogP contribution in [0.3, 0.4) is 0 Å². The Bertz CT molecular complexity index is 525. The first kappa shape index (κ1) is 7.53. The monoisotopic (exact) mass is 178 g/mol. The quantitative estimate of drug-likeness (QED) is 0.568. The molecule has 0 unspecified atom stereocenters. The van der Waals surface area contributed by atoms with Crippen molar-refractivity contribution in [3.63, 3.8) is 0 Å². The molecule has 0 saturated heterocycles. The summed E-state index contributed by atoms with van der Waals surface area (Å²) in [5.41, 5.74) is -0.759. The van der Waals surface area contributed by atoms with E-state index in [1.807, 2.05) is 0 Å². The Morgan fingerprint density at radius 3 is 3.08 bits per heavy atom. The summed E-state index contributed by atoms with van der Waals surface area (Å²) in [6, 6.07) is 1.56. The van der Waals surface area contributed by atoms with Gasteiger partial charge >= 0.3 is 0 Å². The van der Waals surface area contributed by atoms with Gasteiger partial charge in [0, 0.05) is 18.5 Å². The number of aromatic carboxylic acids is 1. The number of carbonyl (C=O) groups excluding carboxylic acids is 1. The van der Waals surface area contributed by atoms with Crippen LogP contribution in [0.25, 0.3) is 5.65 Å². The Balaban J connectivity index is 2.89. The molecule has 0 radical (unpaired) electrons. The fourth-order valence-electron chi connectivity index (χ4n) is 1.04. The Morgan fingerprint density at radius 1 is 1.62 bits per heavy atom. The molecule has 2 aromatic rings. The summed E-state index contributed by atoms with van der Waals surface area (Å²) in [6.45, 7) is 0. The largest absolute Gasteiger partial charge is 0.545 e. The number of carboxylic acids is 1.